The van der Waals surface area contributed by atoms with Gasteiger partial charge in [-0.15, -0.1) is 0 Å². The zero-order valence-corrected chi connectivity index (χ0v) is 30.4. The summed E-state index contributed by atoms with van der Waals surface area (Å²) in [6.45, 7) is 0. The van der Waals surface area contributed by atoms with E-state index < -0.39 is 46.8 Å². The maximum absolute atomic E-state index is 15.5. The third-order valence-electron chi connectivity index (χ3n) is 11.8. The number of phenols is 1. The Morgan fingerprint density at radius 3 is 2.30 bits per heavy atom. The number of methoxy groups -OCH3 is 1. The summed E-state index contributed by atoms with van der Waals surface area (Å²) in [5.41, 5.74) is 3.89. The average Bonchev–Trinajstić information content (AvgIpc) is 3.57. The molecule has 5 aromatic rings. The Morgan fingerprint density at radius 2 is 1.56 bits per heavy atom. The van der Waals surface area contributed by atoms with Gasteiger partial charge >= 0.3 is 0 Å². The first kappa shape index (κ1) is 34.1. The van der Waals surface area contributed by atoms with E-state index in [1.54, 1.807) is 67.8 Å². The Labute approximate surface area is 320 Å². The lowest BCUT2D eigenvalue weighted by Gasteiger charge is -2.50. The summed E-state index contributed by atoms with van der Waals surface area (Å²) in [6.07, 6.45) is 2.32. The van der Waals surface area contributed by atoms with Crippen molar-refractivity contribution in [1.29, 1.82) is 0 Å². The minimum Gasteiger partial charge on any atom is -0.507 e. The molecule has 11 heteroatoms. The quantitative estimate of drug-likeness (QED) is 0.133. The van der Waals surface area contributed by atoms with Gasteiger partial charge in [-0.1, -0.05) is 102 Å². The van der Waals surface area contributed by atoms with E-state index in [-0.39, 0.29) is 35.4 Å². The maximum atomic E-state index is 15.5. The molecule has 6 unspecified atom stereocenters. The van der Waals surface area contributed by atoms with Crippen LogP contribution in [-0.2, 0) is 24.6 Å². The number of hydrazine groups is 1. The van der Waals surface area contributed by atoms with Crippen LogP contribution in [-0.4, -0.2) is 40.9 Å². The number of nitrogens with one attached hydrogen (secondary N) is 1. The molecular formula is C43H33Cl2N3O6. The van der Waals surface area contributed by atoms with Gasteiger partial charge in [0, 0.05) is 21.9 Å². The molecule has 4 aliphatic rings. The van der Waals surface area contributed by atoms with E-state index in [2.05, 4.69) is 5.43 Å². The molecule has 6 atom stereocenters. The Bertz CT molecular complexity index is 2440. The van der Waals surface area contributed by atoms with Gasteiger partial charge in [-0.25, -0.2) is 0 Å². The molecule has 0 spiro atoms. The summed E-state index contributed by atoms with van der Waals surface area (Å²) in [5.74, 6) is -5.16. The fraction of sp³-hybridized carbons (Fsp3) is 0.209. The van der Waals surface area contributed by atoms with Crippen molar-refractivity contribution in [2.75, 3.05) is 17.4 Å². The van der Waals surface area contributed by atoms with Crippen LogP contribution in [0.3, 0.4) is 0 Å². The lowest BCUT2D eigenvalue weighted by molar-refractivity contribution is -0.138. The van der Waals surface area contributed by atoms with E-state index in [4.69, 9.17) is 27.9 Å². The van der Waals surface area contributed by atoms with E-state index >= 15 is 9.59 Å². The monoisotopic (exact) mass is 757 g/mol. The molecule has 1 saturated carbocycles. The largest absolute Gasteiger partial charge is 0.507 e. The third kappa shape index (κ3) is 4.84. The van der Waals surface area contributed by atoms with Gasteiger partial charge in [0.15, 0.2) is 0 Å². The number of carbonyl (C=O) groups excluding carboxylic acids is 4. The normalized spacial score (nSPS) is 26.1. The fourth-order valence-corrected chi connectivity index (χ4v) is 9.98. The number of anilines is 2. The molecule has 0 radical (unpaired) electrons. The molecule has 2 saturated heterocycles. The smallest absolute Gasteiger partial charge is 0.260 e. The first-order chi connectivity index (χ1) is 26.1. The highest BCUT2D eigenvalue weighted by atomic mass is 35.5. The maximum Gasteiger partial charge on any atom is 0.260 e. The summed E-state index contributed by atoms with van der Waals surface area (Å²) in [4.78, 5) is 60.4. The van der Waals surface area contributed by atoms with Crippen LogP contribution in [0, 0.1) is 23.7 Å². The topological polar surface area (TPSA) is 116 Å². The number of nitrogens with zero attached hydrogens (tertiary/aromatic N) is 2. The number of rotatable bonds is 6. The average molecular weight is 759 g/mol. The second-order valence-corrected chi connectivity index (χ2v) is 15.1. The minimum absolute atomic E-state index is 0.0273. The highest BCUT2D eigenvalue weighted by Crippen LogP contribution is 2.65. The van der Waals surface area contributed by atoms with Crippen LogP contribution >= 0.6 is 23.2 Å². The first-order valence-electron chi connectivity index (χ1n) is 17.7. The van der Waals surface area contributed by atoms with Crippen LogP contribution in [0.5, 0.6) is 11.5 Å². The molecule has 0 aromatic heterocycles. The second kappa shape index (κ2) is 12.7. The van der Waals surface area contributed by atoms with Crippen molar-refractivity contribution in [3.05, 3.63) is 142 Å². The van der Waals surface area contributed by atoms with Gasteiger partial charge in [0.1, 0.15) is 11.5 Å². The second-order valence-electron chi connectivity index (χ2n) is 14.3. The highest BCUT2D eigenvalue weighted by Gasteiger charge is 2.70. The molecular weight excluding hydrogens is 725 g/mol. The molecule has 2 heterocycles. The van der Waals surface area contributed by atoms with Gasteiger partial charge in [-0.3, -0.25) is 29.5 Å². The molecule has 4 amide bonds. The van der Waals surface area contributed by atoms with Crippen LogP contribution < -0.4 is 15.1 Å². The van der Waals surface area contributed by atoms with E-state index in [1.807, 2.05) is 48.5 Å². The number of imide groups is 2. The van der Waals surface area contributed by atoms with Crippen LogP contribution in [0.1, 0.15) is 29.9 Å². The van der Waals surface area contributed by atoms with E-state index in [0.717, 1.165) is 16.0 Å². The number of hydrogen-bond acceptors (Lipinski definition) is 7. The molecule has 9 rings (SSSR count). The van der Waals surface area contributed by atoms with Gasteiger partial charge in [0.25, 0.3) is 11.8 Å². The number of benzene rings is 5. The SMILES string of the molecule is COc1ccc(C23C(=O)N(Nc4ccc(Cl)cc4Cl)C(=O)C2CC2C(=CCC4C(=O)N(c5ccccc5)C(=O)C42)C3c2ccc3ccccc3c2O)cc1. The number of allylic oxidation sites excluding steroid dienone is 2. The highest BCUT2D eigenvalue weighted by molar-refractivity contribution is 6.36. The van der Waals surface area contributed by atoms with Crippen LogP contribution in [0.15, 0.2) is 121 Å². The zero-order chi connectivity index (χ0) is 37.5. The van der Waals surface area contributed by atoms with Gasteiger partial charge < -0.3 is 9.84 Å². The first-order valence-corrected chi connectivity index (χ1v) is 18.5. The number of phenolic OH excluding ortho intramolecular Hbond substituents is 1. The number of para-hydroxylation sites is 1. The lowest BCUT2D eigenvalue weighted by Crippen LogP contribution is -2.53. The molecule has 2 aliphatic heterocycles. The standard InChI is InChI=1S/C43H33Cl2N3O6/c1-54-27-15-12-24(13-16-27)43-33(40(51)48(42(43)53)46-35-20-14-25(44)21-34(35)45)22-32-29(37(43)31-17-11-23-7-5-6-10-28(23)38(31)49)18-19-30-36(32)41(52)47(39(30)50)26-8-3-2-4-9-26/h2-18,20-21,30,32-33,36-37,46,49H,19,22H2,1H3. The van der Waals surface area contributed by atoms with Crippen molar-refractivity contribution in [2.24, 2.45) is 23.7 Å². The Hall–Kier alpha value is -5.64. The molecule has 0 bridgehead atoms. The van der Waals surface area contributed by atoms with Crippen molar-refractivity contribution in [1.82, 2.24) is 5.01 Å². The molecule has 2 aliphatic carbocycles. The summed E-state index contributed by atoms with van der Waals surface area (Å²) < 4.78 is 5.49. The molecule has 270 valence electrons. The number of halogens is 2. The van der Waals surface area contributed by atoms with Gasteiger partial charge in [-0.05, 0) is 72.2 Å². The summed E-state index contributed by atoms with van der Waals surface area (Å²) >= 11 is 12.8. The molecule has 9 nitrogen and oxygen atoms in total. The van der Waals surface area contributed by atoms with Crippen molar-refractivity contribution in [3.63, 3.8) is 0 Å². The van der Waals surface area contributed by atoms with Crippen LogP contribution in [0.4, 0.5) is 11.4 Å². The van der Waals surface area contributed by atoms with E-state index in [1.165, 1.54) is 11.0 Å². The molecule has 54 heavy (non-hydrogen) atoms. The van der Waals surface area contributed by atoms with Crippen molar-refractivity contribution < 1.29 is 29.0 Å². The third-order valence-corrected chi connectivity index (χ3v) is 12.4. The van der Waals surface area contributed by atoms with Crippen LogP contribution in [0.25, 0.3) is 10.8 Å². The van der Waals surface area contributed by atoms with E-state index in [9.17, 15) is 14.7 Å². The number of fused-ring (bicyclic) bond motifs is 5. The number of carbonyl (C=O) groups is 4. The van der Waals surface area contributed by atoms with Crippen molar-refractivity contribution in [3.8, 4) is 11.5 Å². The Kier molecular flexibility index (Phi) is 8.06. The summed E-state index contributed by atoms with van der Waals surface area (Å²) in [5, 5.41) is 15.2. The van der Waals surface area contributed by atoms with E-state index in [0.29, 0.717) is 38.7 Å². The fourth-order valence-electron chi connectivity index (χ4n) is 9.52. The predicted octanol–water partition coefficient (Wildman–Crippen LogP) is 8.05. The number of hydrogen-bond donors (Lipinski definition) is 2. The minimum atomic E-state index is -1.60. The zero-order valence-electron chi connectivity index (χ0n) is 28.9. The summed E-state index contributed by atoms with van der Waals surface area (Å²) in [7, 11) is 1.55. The van der Waals surface area contributed by atoms with Crippen LogP contribution in [0.2, 0.25) is 10.0 Å². The van der Waals surface area contributed by atoms with Gasteiger partial charge in [0.05, 0.1) is 46.7 Å². The molecule has 2 N–H and O–H groups in total. The van der Waals surface area contributed by atoms with Gasteiger partial charge in [-0.2, -0.15) is 5.01 Å². The molecule has 3 fully saturated rings. The number of amides is 4. The Morgan fingerprint density at radius 1 is 0.815 bits per heavy atom. The van der Waals surface area contributed by atoms with Gasteiger partial charge in [0.2, 0.25) is 11.8 Å². The number of aromatic hydroxyl groups is 1. The Balaban J connectivity index is 1.28. The number of ether oxygens (including phenoxy) is 1. The lowest BCUT2D eigenvalue weighted by atomic mass is 9.49. The van der Waals surface area contributed by atoms with Crippen molar-refractivity contribution >= 4 is 69.0 Å². The predicted molar refractivity (Wildman–Crippen MR) is 205 cm³/mol. The molecule has 5 aromatic carbocycles. The summed E-state index contributed by atoms with van der Waals surface area (Å²) in [6, 6.07) is 31.7. The van der Waals surface area contributed by atoms with Crippen molar-refractivity contribution in [2.45, 2.75) is 24.2 Å².